The summed E-state index contributed by atoms with van der Waals surface area (Å²) in [5.41, 5.74) is 9.35. The van der Waals surface area contributed by atoms with Gasteiger partial charge in [0.2, 0.25) is 0 Å². The third-order valence-electron chi connectivity index (χ3n) is 9.28. The summed E-state index contributed by atoms with van der Waals surface area (Å²) >= 11 is 0. The van der Waals surface area contributed by atoms with Crippen LogP contribution >= 0.6 is 0 Å². The number of aromatic carboxylic acids is 1. The van der Waals surface area contributed by atoms with E-state index >= 15 is 0 Å². The van der Waals surface area contributed by atoms with Crippen molar-refractivity contribution >= 4 is 40.5 Å². The molecular formula is C42H42F6N6O3. The largest absolute Gasteiger partial charge is 0.478 e. The summed E-state index contributed by atoms with van der Waals surface area (Å²) < 4.78 is 78.5. The molecule has 57 heavy (non-hydrogen) atoms. The average Bonchev–Trinajstić information content (AvgIpc) is 3.78. The van der Waals surface area contributed by atoms with E-state index in [-0.39, 0.29) is 24.4 Å². The number of halogens is 6. The first kappa shape index (κ1) is 42.0. The molecule has 0 radical (unpaired) electrons. The van der Waals surface area contributed by atoms with Crippen LogP contribution in [-0.2, 0) is 6.42 Å². The van der Waals surface area contributed by atoms with Crippen molar-refractivity contribution in [2.24, 2.45) is 0 Å². The van der Waals surface area contributed by atoms with Crippen molar-refractivity contribution in [1.29, 1.82) is 0 Å². The quantitative estimate of drug-likeness (QED) is 0.0788. The predicted octanol–water partition coefficient (Wildman–Crippen LogP) is 10.8. The number of nitrogens with one attached hydrogen (secondary N) is 2. The minimum Gasteiger partial charge on any atom is -0.478 e. The van der Waals surface area contributed by atoms with E-state index in [0.29, 0.717) is 51.5 Å². The molecule has 0 fully saturated rings. The zero-order valence-corrected chi connectivity index (χ0v) is 31.8. The molecule has 0 amide bonds. The molecule has 6 rings (SSSR count). The van der Waals surface area contributed by atoms with Crippen LogP contribution < -0.4 is 10.6 Å². The second-order valence-corrected chi connectivity index (χ2v) is 13.4. The fourth-order valence-electron chi connectivity index (χ4n) is 6.31. The normalized spacial score (nSPS) is 11.7. The van der Waals surface area contributed by atoms with Crippen LogP contribution in [0.2, 0.25) is 0 Å². The number of carbonyl (C=O) groups is 2. The van der Waals surface area contributed by atoms with E-state index in [9.17, 15) is 41.0 Å². The molecule has 3 N–H and O–H groups in total. The Bertz CT molecular complexity index is 2430. The smallest absolute Gasteiger partial charge is 0.390 e. The molecule has 6 aromatic rings. The van der Waals surface area contributed by atoms with Gasteiger partial charge in [-0.1, -0.05) is 44.7 Å². The molecule has 9 nitrogen and oxygen atoms in total. The van der Waals surface area contributed by atoms with Crippen LogP contribution in [0.15, 0.2) is 79.9 Å². The molecule has 15 heteroatoms. The Morgan fingerprint density at radius 2 is 1.25 bits per heavy atom. The maximum atomic E-state index is 12.5. The number of hydrogen-bond acceptors (Lipinski definition) is 6. The first-order chi connectivity index (χ1) is 26.9. The Kier molecular flexibility index (Phi) is 12.8. The number of benzene rings is 2. The lowest BCUT2D eigenvalue weighted by atomic mass is 9.99. The maximum Gasteiger partial charge on any atom is 0.390 e. The number of imidazole rings is 2. The number of pyridine rings is 2. The molecule has 0 atom stereocenters. The monoisotopic (exact) mass is 792 g/mol. The molecule has 4 aromatic heterocycles. The van der Waals surface area contributed by atoms with E-state index < -0.39 is 31.2 Å². The van der Waals surface area contributed by atoms with Crippen molar-refractivity contribution in [3.05, 3.63) is 113 Å². The Morgan fingerprint density at radius 1 is 0.754 bits per heavy atom. The van der Waals surface area contributed by atoms with Crippen molar-refractivity contribution in [2.45, 2.75) is 65.7 Å². The van der Waals surface area contributed by atoms with Crippen molar-refractivity contribution in [2.75, 3.05) is 23.7 Å². The molecule has 2 aromatic carbocycles. The van der Waals surface area contributed by atoms with Gasteiger partial charge in [-0.15, -0.1) is 0 Å². The van der Waals surface area contributed by atoms with Crippen LogP contribution in [0, 0.1) is 13.8 Å². The zero-order valence-electron chi connectivity index (χ0n) is 31.8. The van der Waals surface area contributed by atoms with E-state index in [1.807, 2.05) is 55.6 Å². The number of aromatic nitrogens is 4. The van der Waals surface area contributed by atoms with Gasteiger partial charge >= 0.3 is 18.3 Å². The van der Waals surface area contributed by atoms with Gasteiger partial charge < -0.3 is 15.7 Å². The second kappa shape index (κ2) is 17.3. The number of carbonyl (C=O) groups excluding carboxylic acids is 1. The summed E-state index contributed by atoms with van der Waals surface area (Å²) in [7, 11) is 0. The van der Waals surface area contributed by atoms with Crippen LogP contribution in [0.3, 0.4) is 0 Å². The highest BCUT2D eigenvalue weighted by Gasteiger charge is 2.27. The summed E-state index contributed by atoms with van der Waals surface area (Å²) in [5.74, 6) is -0.913. The molecule has 0 spiro atoms. The highest BCUT2D eigenvalue weighted by Crippen LogP contribution is 2.31. The van der Waals surface area contributed by atoms with Crippen molar-refractivity contribution in [3.63, 3.8) is 0 Å². The van der Waals surface area contributed by atoms with Crippen molar-refractivity contribution in [3.8, 4) is 22.5 Å². The Labute approximate surface area is 325 Å². The van der Waals surface area contributed by atoms with E-state index in [1.54, 1.807) is 54.2 Å². The van der Waals surface area contributed by atoms with Gasteiger partial charge in [0.15, 0.2) is 17.1 Å². The lowest BCUT2D eigenvalue weighted by Gasteiger charge is -2.13. The number of nitrogens with zero attached hydrogens (tertiary/aromatic N) is 4. The molecule has 0 unspecified atom stereocenters. The Morgan fingerprint density at radius 3 is 1.68 bits per heavy atom. The maximum absolute atomic E-state index is 12.5. The molecule has 4 heterocycles. The summed E-state index contributed by atoms with van der Waals surface area (Å²) in [4.78, 5) is 32.0. The zero-order chi connectivity index (χ0) is 41.7. The number of fused-ring (bicyclic) bond motifs is 2. The lowest BCUT2D eigenvalue weighted by Crippen LogP contribution is -2.15. The Hall–Kier alpha value is -6.12. The minimum absolute atomic E-state index is 0.0941. The van der Waals surface area contributed by atoms with Gasteiger partial charge in [-0.3, -0.25) is 13.6 Å². The van der Waals surface area contributed by atoms with E-state index in [4.69, 9.17) is 0 Å². The number of hydrogen-bond donors (Lipinski definition) is 3. The highest BCUT2D eigenvalue weighted by atomic mass is 19.4. The van der Waals surface area contributed by atoms with Crippen LogP contribution in [-0.4, -0.2) is 61.1 Å². The van der Waals surface area contributed by atoms with E-state index in [1.165, 1.54) is 6.07 Å². The number of carboxylic acid groups (broad SMARTS) is 1. The molecule has 0 saturated carbocycles. The molecule has 0 saturated heterocycles. The fourth-order valence-corrected chi connectivity index (χ4v) is 6.31. The third kappa shape index (κ3) is 10.2. The molecule has 300 valence electrons. The summed E-state index contributed by atoms with van der Waals surface area (Å²) in [6.07, 6.45) is -0.496. The SMILES string of the molecule is C=Cc1cc(NCCC(F)(F)F)c2ncc(-c3ccc(C(=O)O)c(C)c3)n2c1.CCC(=O)c1ccc(-c2cnc3c(NCCC(F)(F)F)cc(CC)cn23)cc1C. The first-order valence-electron chi connectivity index (χ1n) is 18.2. The van der Waals surface area contributed by atoms with E-state index in [0.717, 1.165) is 34.4 Å². The highest BCUT2D eigenvalue weighted by molar-refractivity contribution is 5.97. The van der Waals surface area contributed by atoms with Gasteiger partial charge in [0.1, 0.15) is 0 Å². The second-order valence-electron chi connectivity index (χ2n) is 13.4. The first-order valence-corrected chi connectivity index (χ1v) is 18.2. The molecule has 0 aliphatic carbocycles. The minimum atomic E-state index is -4.25. The van der Waals surface area contributed by atoms with E-state index in [2.05, 4.69) is 27.2 Å². The number of Topliss-reactive ketones (excluding diaryl/α,β-unsaturated/α-hetero) is 1. The lowest BCUT2D eigenvalue weighted by molar-refractivity contribution is -0.132. The molecule has 0 aliphatic rings. The summed E-state index contributed by atoms with van der Waals surface area (Å²) in [6.45, 7) is 10.7. The summed E-state index contributed by atoms with van der Waals surface area (Å²) in [5, 5.41) is 14.9. The van der Waals surface area contributed by atoms with Gasteiger partial charge in [-0.2, -0.15) is 26.3 Å². The molecular weight excluding hydrogens is 750 g/mol. The standard InChI is InChI=1S/C22H24F3N3O.C20H18F3N3O2/c1-4-15-11-18(26-9-8-22(23,24)25)21-27-12-19(28(21)13-15)16-6-7-17(14(3)10-16)20(29)5-2;1-3-13-9-16(24-7-6-20(21,22)23)18-25-10-17(26(18)11-13)14-4-5-15(19(27)28)12(2)8-14/h6-7,10-13,26H,4-5,8-9H2,1-3H3;3-5,8-11,24H,1,6-7H2,2H3,(H,27,28). The number of ketones is 1. The van der Waals surface area contributed by atoms with Gasteiger partial charge in [0.05, 0.1) is 53.6 Å². The van der Waals surface area contributed by atoms with Gasteiger partial charge in [0, 0.05) is 48.6 Å². The van der Waals surface area contributed by atoms with Gasteiger partial charge in [-0.05, 0) is 72.9 Å². The molecule has 0 aliphatic heterocycles. The third-order valence-corrected chi connectivity index (χ3v) is 9.28. The van der Waals surface area contributed by atoms with Crippen LogP contribution in [0.1, 0.15) is 76.1 Å². The number of aryl methyl sites for hydroxylation is 3. The van der Waals surface area contributed by atoms with Crippen LogP contribution in [0.25, 0.3) is 39.9 Å². The summed E-state index contributed by atoms with van der Waals surface area (Å²) in [6, 6.07) is 14.1. The number of carboxylic acids is 1. The number of anilines is 2. The Balaban J connectivity index is 0.000000218. The van der Waals surface area contributed by atoms with Crippen LogP contribution in [0.4, 0.5) is 37.7 Å². The van der Waals surface area contributed by atoms with Crippen LogP contribution in [0.5, 0.6) is 0 Å². The number of rotatable bonds is 13. The van der Waals surface area contributed by atoms with Gasteiger partial charge in [-0.25, -0.2) is 14.8 Å². The van der Waals surface area contributed by atoms with Crippen molar-refractivity contribution in [1.82, 2.24) is 18.8 Å². The fraction of sp³-hybridized carbons (Fsp3) is 0.286. The molecule has 0 bridgehead atoms. The van der Waals surface area contributed by atoms with Crippen molar-refractivity contribution < 1.29 is 41.0 Å². The van der Waals surface area contributed by atoms with Gasteiger partial charge in [0.25, 0.3) is 0 Å². The predicted molar refractivity (Wildman–Crippen MR) is 210 cm³/mol. The topological polar surface area (TPSA) is 113 Å². The number of alkyl halides is 6. The average molecular weight is 793 g/mol.